The van der Waals surface area contributed by atoms with Crippen molar-refractivity contribution in [3.05, 3.63) is 53.2 Å². The van der Waals surface area contributed by atoms with Gasteiger partial charge < -0.3 is 21.3 Å². The molecule has 196 valence electrons. The van der Waals surface area contributed by atoms with Crippen molar-refractivity contribution in [2.45, 2.75) is 76.9 Å². The van der Waals surface area contributed by atoms with Crippen LogP contribution in [0, 0.1) is 11.8 Å². The van der Waals surface area contributed by atoms with E-state index in [1.807, 2.05) is 26.0 Å². The number of ketones is 1. The largest absolute Gasteiger partial charge is 0.384 e. The van der Waals surface area contributed by atoms with Crippen molar-refractivity contribution in [2.24, 2.45) is 17.6 Å². The van der Waals surface area contributed by atoms with E-state index in [1.165, 1.54) is 12.8 Å². The predicted octanol–water partition coefficient (Wildman–Crippen LogP) is 4.16. The first-order valence-corrected chi connectivity index (χ1v) is 13.5. The van der Waals surface area contributed by atoms with E-state index in [0.717, 1.165) is 38.0 Å². The van der Waals surface area contributed by atoms with Gasteiger partial charge in [-0.05, 0) is 80.7 Å². The van der Waals surface area contributed by atoms with Gasteiger partial charge in [-0.1, -0.05) is 13.8 Å². The number of Topliss-reactive ketones (excluding diaryl/α,β-unsaturated/α-hetero) is 1. The zero-order valence-electron chi connectivity index (χ0n) is 21.7. The van der Waals surface area contributed by atoms with Crippen LogP contribution in [0.5, 0.6) is 0 Å². The lowest BCUT2D eigenvalue weighted by Crippen LogP contribution is -2.50. The molecule has 2 amide bonds. The Kier molecular flexibility index (Phi) is 7.17. The maximum atomic E-state index is 13.1. The number of amides is 2. The van der Waals surface area contributed by atoms with Crippen LogP contribution in [0.2, 0.25) is 0 Å². The second-order valence-corrected chi connectivity index (χ2v) is 11.3. The monoisotopic (exact) mass is 503 g/mol. The smallest absolute Gasteiger partial charge is 0.251 e. The number of fused-ring (bicyclic) bond motifs is 2. The van der Waals surface area contributed by atoms with Crippen LogP contribution in [-0.4, -0.2) is 47.3 Å². The Bertz CT molecular complexity index is 1160. The highest BCUT2D eigenvalue weighted by atomic mass is 16.2. The normalized spacial score (nSPS) is 22.7. The summed E-state index contributed by atoms with van der Waals surface area (Å²) in [5.74, 6) is 1.36. The van der Waals surface area contributed by atoms with Crippen LogP contribution < -0.4 is 21.3 Å². The number of nitrogens with zero attached hydrogens (tertiary/aromatic N) is 2. The summed E-state index contributed by atoms with van der Waals surface area (Å²) in [5, 5.41) is 6.54. The zero-order chi connectivity index (χ0) is 26.1. The summed E-state index contributed by atoms with van der Waals surface area (Å²) < 4.78 is 0. The molecule has 3 fully saturated rings. The molecule has 2 saturated heterocycles. The average molecular weight is 504 g/mol. The standard InChI is InChI=1S/C29H37N5O3/c1-17(2)11-26(35)20-6-10-27(32-16-20)34-22-7-8-23(34)14-21(13-22)33-29(37)19-5-9-24(28(30)36)25(12-19)31-15-18-3-4-18/h5-6,9-10,12,16-18,21-23,31H,3-4,7-8,11,13-15H2,1-2H3,(H2,30,36)(H,33,37)/t21-,22+,23-. The molecule has 0 spiro atoms. The van der Waals surface area contributed by atoms with E-state index in [2.05, 4.69) is 20.5 Å². The van der Waals surface area contributed by atoms with Crippen LogP contribution in [0.25, 0.3) is 0 Å². The maximum absolute atomic E-state index is 13.1. The van der Waals surface area contributed by atoms with Crippen LogP contribution in [0.15, 0.2) is 36.5 Å². The lowest BCUT2D eigenvalue weighted by atomic mass is 9.96. The Hall–Kier alpha value is -3.42. The number of carbonyl (C=O) groups is 3. The molecule has 2 bridgehead atoms. The Balaban J connectivity index is 1.22. The number of nitrogens with two attached hydrogens (primary N) is 1. The zero-order valence-corrected chi connectivity index (χ0v) is 21.7. The van der Waals surface area contributed by atoms with E-state index in [-0.39, 0.29) is 17.7 Å². The molecule has 2 aliphatic heterocycles. The number of benzene rings is 1. The molecule has 8 nitrogen and oxygen atoms in total. The van der Waals surface area contributed by atoms with Gasteiger partial charge >= 0.3 is 0 Å². The van der Waals surface area contributed by atoms with Crippen LogP contribution in [0.4, 0.5) is 11.5 Å². The van der Waals surface area contributed by atoms with Crippen molar-refractivity contribution >= 4 is 29.1 Å². The van der Waals surface area contributed by atoms with Crippen LogP contribution in [0.3, 0.4) is 0 Å². The third-order valence-electron chi connectivity index (χ3n) is 7.82. The number of rotatable bonds is 10. The van der Waals surface area contributed by atoms with Gasteiger partial charge in [-0.25, -0.2) is 4.98 Å². The summed E-state index contributed by atoms with van der Waals surface area (Å²) in [4.78, 5) is 44.4. The van der Waals surface area contributed by atoms with E-state index < -0.39 is 5.91 Å². The summed E-state index contributed by atoms with van der Waals surface area (Å²) >= 11 is 0. The van der Waals surface area contributed by atoms with E-state index in [0.29, 0.717) is 52.7 Å². The number of hydrogen-bond donors (Lipinski definition) is 3. The fourth-order valence-corrected chi connectivity index (χ4v) is 5.75. The summed E-state index contributed by atoms with van der Waals surface area (Å²) in [6, 6.07) is 9.61. The molecule has 1 aliphatic carbocycles. The molecule has 3 aliphatic rings. The van der Waals surface area contributed by atoms with Crippen molar-refractivity contribution in [1.29, 1.82) is 0 Å². The lowest BCUT2D eigenvalue weighted by Gasteiger charge is -2.40. The lowest BCUT2D eigenvalue weighted by molar-refractivity contribution is 0.0924. The van der Waals surface area contributed by atoms with E-state index >= 15 is 0 Å². The second-order valence-electron chi connectivity index (χ2n) is 11.3. The van der Waals surface area contributed by atoms with Gasteiger partial charge in [0.25, 0.3) is 11.8 Å². The molecule has 1 aromatic heterocycles. The summed E-state index contributed by atoms with van der Waals surface area (Å²) in [6.45, 7) is 4.87. The molecule has 4 N–H and O–H groups in total. The van der Waals surface area contributed by atoms with Crippen molar-refractivity contribution in [2.75, 3.05) is 16.8 Å². The third-order valence-corrected chi connectivity index (χ3v) is 7.82. The molecule has 0 unspecified atom stereocenters. The van der Waals surface area contributed by atoms with Gasteiger partial charge in [0.15, 0.2) is 5.78 Å². The van der Waals surface area contributed by atoms with Gasteiger partial charge in [-0.3, -0.25) is 14.4 Å². The van der Waals surface area contributed by atoms with Gasteiger partial charge in [0.1, 0.15) is 5.82 Å². The van der Waals surface area contributed by atoms with Crippen LogP contribution in [-0.2, 0) is 0 Å². The molecular formula is C29H37N5O3. The summed E-state index contributed by atoms with van der Waals surface area (Å²) in [5.41, 5.74) is 7.78. The maximum Gasteiger partial charge on any atom is 0.251 e. The number of primary amides is 1. The number of pyridine rings is 1. The molecular weight excluding hydrogens is 466 g/mol. The highest BCUT2D eigenvalue weighted by Crippen LogP contribution is 2.39. The minimum Gasteiger partial charge on any atom is -0.384 e. The summed E-state index contributed by atoms with van der Waals surface area (Å²) in [7, 11) is 0. The highest BCUT2D eigenvalue weighted by molar-refractivity contribution is 6.02. The number of nitrogens with one attached hydrogen (secondary N) is 2. The van der Waals surface area contributed by atoms with Crippen molar-refractivity contribution < 1.29 is 14.4 Å². The number of anilines is 2. The molecule has 5 rings (SSSR count). The Labute approximate surface area is 218 Å². The predicted molar refractivity (Wildman–Crippen MR) is 144 cm³/mol. The molecule has 2 aromatic rings. The SMILES string of the molecule is CC(C)CC(=O)c1ccc(N2[C@@H]3CC[C@H]2C[C@@H](NC(=O)c2ccc(C(N)=O)c(NCC4CC4)c2)C3)nc1. The molecule has 37 heavy (non-hydrogen) atoms. The third kappa shape index (κ3) is 5.78. The van der Waals surface area contributed by atoms with Crippen LogP contribution in [0.1, 0.15) is 89.9 Å². The molecule has 3 heterocycles. The number of piperidine rings is 1. The first-order valence-electron chi connectivity index (χ1n) is 13.5. The Morgan fingerprint density at radius 2 is 1.73 bits per heavy atom. The van der Waals surface area contributed by atoms with Crippen LogP contribution >= 0.6 is 0 Å². The van der Waals surface area contributed by atoms with Crippen molar-refractivity contribution in [3.63, 3.8) is 0 Å². The Morgan fingerprint density at radius 1 is 1.03 bits per heavy atom. The van der Waals surface area contributed by atoms with E-state index in [9.17, 15) is 14.4 Å². The molecule has 1 aromatic carbocycles. The number of carbonyl (C=O) groups excluding carboxylic acids is 3. The Morgan fingerprint density at radius 3 is 2.32 bits per heavy atom. The van der Waals surface area contributed by atoms with E-state index in [1.54, 1.807) is 24.4 Å². The average Bonchev–Trinajstić information content (AvgIpc) is 3.66. The topological polar surface area (TPSA) is 117 Å². The molecule has 1 saturated carbocycles. The summed E-state index contributed by atoms with van der Waals surface area (Å²) in [6.07, 6.45) is 8.45. The minimum atomic E-state index is -0.500. The quantitative estimate of drug-likeness (QED) is 0.419. The van der Waals surface area contributed by atoms with Gasteiger partial charge in [-0.2, -0.15) is 0 Å². The molecule has 0 radical (unpaired) electrons. The first-order chi connectivity index (χ1) is 17.8. The fraction of sp³-hybridized carbons (Fsp3) is 0.517. The number of aromatic nitrogens is 1. The van der Waals surface area contributed by atoms with Crippen molar-refractivity contribution in [1.82, 2.24) is 10.3 Å². The second kappa shape index (κ2) is 10.5. The van der Waals surface area contributed by atoms with Gasteiger partial charge in [0.05, 0.1) is 5.56 Å². The molecule has 3 atom stereocenters. The van der Waals surface area contributed by atoms with Crippen molar-refractivity contribution in [3.8, 4) is 0 Å². The fourth-order valence-electron chi connectivity index (χ4n) is 5.75. The van der Waals surface area contributed by atoms with Gasteiger partial charge in [0.2, 0.25) is 0 Å². The van der Waals surface area contributed by atoms with Gasteiger partial charge in [-0.15, -0.1) is 0 Å². The highest BCUT2D eigenvalue weighted by Gasteiger charge is 2.42. The first kappa shape index (κ1) is 25.2. The van der Waals surface area contributed by atoms with Gasteiger partial charge in [0, 0.05) is 54.1 Å². The van der Waals surface area contributed by atoms with E-state index in [4.69, 9.17) is 5.73 Å². The number of hydrogen-bond acceptors (Lipinski definition) is 6. The molecule has 8 heteroatoms. The minimum absolute atomic E-state index is 0.0758.